The first-order chi connectivity index (χ1) is 11.3. The van der Waals surface area contributed by atoms with Gasteiger partial charge in [-0.25, -0.2) is 0 Å². The van der Waals surface area contributed by atoms with Gasteiger partial charge in [-0.05, 0) is 34.1 Å². The van der Waals surface area contributed by atoms with Crippen LogP contribution in [0.25, 0.3) is 0 Å². The van der Waals surface area contributed by atoms with Gasteiger partial charge in [0, 0.05) is 17.6 Å². The third-order valence-electron chi connectivity index (χ3n) is 4.26. The van der Waals surface area contributed by atoms with Crippen LogP contribution in [0, 0.1) is 0 Å². The lowest BCUT2D eigenvalue weighted by molar-refractivity contribution is 0.129. The van der Waals surface area contributed by atoms with Gasteiger partial charge in [0.05, 0.1) is 8.07 Å². The quantitative estimate of drug-likeness (QED) is 0.428. The summed E-state index contributed by atoms with van der Waals surface area (Å²) in [5.74, 6) is 0. The highest BCUT2D eigenvalue weighted by Gasteiger charge is 2.43. The minimum atomic E-state index is -1.79. The average Bonchev–Trinajstić information content (AvgIpc) is 2.50. The fourth-order valence-electron chi connectivity index (χ4n) is 2.88. The predicted molar refractivity (Wildman–Crippen MR) is 110 cm³/mol. The number of benzene rings is 1. The average molecular weight is 346 g/mol. The van der Waals surface area contributed by atoms with E-state index < -0.39 is 8.07 Å². The summed E-state index contributed by atoms with van der Waals surface area (Å²) in [4.78, 5) is 0. The largest absolute Gasteiger partial charge is 0.462 e. The molecule has 1 aromatic rings. The predicted octanol–water partition coefficient (Wildman–Crippen LogP) is 5.21. The molecule has 0 aromatic heterocycles. The molecule has 4 heteroatoms. The van der Waals surface area contributed by atoms with E-state index in [1.165, 1.54) is 5.19 Å². The monoisotopic (exact) mass is 346 g/mol. The highest BCUT2D eigenvalue weighted by atomic mass is 28.3. The Kier molecular flexibility index (Phi) is 9.03. The molecule has 2 nitrogen and oxygen atoms in total. The number of rotatable bonds is 10. The fourth-order valence-corrected chi connectivity index (χ4v) is 5.77. The molecule has 0 aliphatic carbocycles. The Bertz CT molecular complexity index is 476. The van der Waals surface area contributed by atoms with Crippen LogP contribution >= 0.6 is 0 Å². The number of hydrogen-bond acceptors (Lipinski definition) is 2. The van der Waals surface area contributed by atoms with Gasteiger partial charge in [-0.2, -0.15) is 0 Å². The van der Waals surface area contributed by atoms with E-state index in [4.69, 9.17) is 9.31 Å². The molecule has 0 N–H and O–H groups in total. The summed E-state index contributed by atoms with van der Waals surface area (Å²) in [5, 5.41) is 1.45. The minimum Gasteiger partial charge on any atom is -0.409 e. The highest BCUT2D eigenvalue weighted by molar-refractivity contribution is 6.97. The maximum absolute atomic E-state index is 6.22. The molecule has 0 saturated heterocycles. The lowest BCUT2D eigenvalue weighted by Crippen LogP contribution is -2.53. The molecule has 1 atom stereocenters. The van der Waals surface area contributed by atoms with Crippen molar-refractivity contribution in [2.24, 2.45) is 0 Å². The van der Waals surface area contributed by atoms with Crippen molar-refractivity contribution < 1.29 is 9.31 Å². The van der Waals surface area contributed by atoms with Gasteiger partial charge in [0.25, 0.3) is 0 Å². The first-order valence-corrected chi connectivity index (χ1v) is 12.4. The van der Waals surface area contributed by atoms with Crippen LogP contribution in [0.2, 0.25) is 18.5 Å². The molecule has 0 bridgehead atoms. The van der Waals surface area contributed by atoms with Crippen LogP contribution in [-0.4, -0.2) is 27.4 Å². The van der Waals surface area contributed by atoms with Gasteiger partial charge in [0.1, 0.15) is 0 Å². The van der Waals surface area contributed by atoms with Crippen molar-refractivity contribution in [3.63, 3.8) is 0 Å². The Morgan fingerprint density at radius 3 is 2.00 bits per heavy atom. The van der Waals surface area contributed by atoms with Gasteiger partial charge >= 0.3 is 7.12 Å². The van der Waals surface area contributed by atoms with Crippen molar-refractivity contribution in [1.82, 2.24) is 0 Å². The Morgan fingerprint density at radius 2 is 1.54 bits per heavy atom. The van der Waals surface area contributed by atoms with Crippen LogP contribution in [0.3, 0.4) is 0 Å². The number of unbranched alkanes of at least 4 members (excludes halogenated alkanes) is 1. The molecule has 0 saturated carbocycles. The molecule has 134 valence electrons. The number of hydrogen-bond donors (Lipinski definition) is 0. The van der Waals surface area contributed by atoms with Gasteiger partial charge < -0.3 is 9.31 Å². The van der Waals surface area contributed by atoms with Crippen molar-refractivity contribution in [3.8, 4) is 0 Å². The molecule has 24 heavy (non-hydrogen) atoms. The molecule has 0 amide bonds. The minimum absolute atomic E-state index is 0.149. The Balaban J connectivity index is 3.20. The summed E-state index contributed by atoms with van der Waals surface area (Å²) in [5.41, 5.74) is 0.288. The SMILES string of the molecule is CCC/C=C\C(B(OC(C)C)OC(C)C)[Si](C)(C)c1ccccc1. The molecular weight excluding hydrogens is 311 g/mol. The van der Waals surface area contributed by atoms with Crippen LogP contribution in [0.4, 0.5) is 0 Å². The summed E-state index contributed by atoms with van der Waals surface area (Å²) in [6.07, 6.45) is 7.23. The van der Waals surface area contributed by atoms with Crippen molar-refractivity contribution >= 4 is 20.4 Å². The van der Waals surface area contributed by atoms with Crippen LogP contribution in [0.5, 0.6) is 0 Å². The molecule has 1 unspecified atom stereocenters. The van der Waals surface area contributed by atoms with E-state index in [1.807, 2.05) is 0 Å². The second-order valence-electron chi connectivity index (χ2n) is 7.57. The van der Waals surface area contributed by atoms with E-state index in [0.717, 1.165) is 12.8 Å². The second-order valence-corrected chi connectivity index (χ2v) is 12.3. The zero-order valence-electron chi connectivity index (χ0n) is 16.6. The van der Waals surface area contributed by atoms with Crippen LogP contribution in [0.15, 0.2) is 42.5 Å². The molecule has 1 aromatic carbocycles. The Hall–Kier alpha value is -0.838. The summed E-state index contributed by atoms with van der Waals surface area (Å²) < 4.78 is 12.4. The Morgan fingerprint density at radius 1 is 1.00 bits per heavy atom. The number of allylic oxidation sites excluding steroid dienone is 2. The molecule has 0 aliphatic heterocycles. The molecule has 1 rings (SSSR count). The zero-order chi connectivity index (χ0) is 18.2. The topological polar surface area (TPSA) is 18.5 Å². The van der Waals surface area contributed by atoms with Crippen molar-refractivity contribution in [1.29, 1.82) is 0 Å². The van der Waals surface area contributed by atoms with Crippen LogP contribution in [0.1, 0.15) is 47.5 Å². The molecule has 0 aliphatic rings. The highest BCUT2D eigenvalue weighted by Crippen LogP contribution is 2.29. The first-order valence-electron chi connectivity index (χ1n) is 9.32. The normalized spacial score (nSPS) is 13.9. The van der Waals surface area contributed by atoms with Crippen LogP contribution < -0.4 is 5.19 Å². The maximum atomic E-state index is 6.22. The van der Waals surface area contributed by atoms with Crippen molar-refractivity contribution in [2.75, 3.05) is 0 Å². The third-order valence-corrected chi connectivity index (χ3v) is 8.21. The van der Waals surface area contributed by atoms with E-state index in [-0.39, 0.29) is 24.8 Å². The summed E-state index contributed by atoms with van der Waals surface area (Å²) in [6.45, 7) is 15.4. The van der Waals surface area contributed by atoms with Gasteiger partial charge in [0.15, 0.2) is 0 Å². The summed E-state index contributed by atoms with van der Waals surface area (Å²) >= 11 is 0. The maximum Gasteiger partial charge on any atom is 0.462 e. The molecular formula is C20H35BO2Si. The summed E-state index contributed by atoms with van der Waals surface area (Å²) in [6, 6.07) is 10.9. The zero-order valence-corrected chi connectivity index (χ0v) is 17.6. The van der Waals surface area contributed by atoms with E-state index in [2.05, 4.69) is 90.2 Å². The summed E-state index contributed by atoms with van der Waals surface area (Å²) in [7, 11) is -1.99. The standard InChI is InChI=1S/C20H35BO2Si/c1-8-9-11-16-20(21(22-17(2)3)23-18(4)5)24(6,7)19-14-12-10-13-15-19/h10-18,20H,8-9H2,1-7H3/b16-11-. The first kappa shape index (κ1) is 21.2. The third kappa shape index (κ3) is 6.58. The van der Waals surface area contributed by atoms with Crippen molar-refractivity contribution in [3.05, 3.63) is 42.5 Å². The molecule has 0 radical (unpaired) electrons. The van der Waals surface area contributed by atoms with E-state index in [1.54, 1.807) is 0 Å². The molecule has 0 heterocycles. The fraction of sp³-hybridized carbons (Fsp3) is 0.600. The van der Waals surface area contributed by atoms with E-state index >= 15 is 0 Å². The Labute approximate surface area is 150 Å². The molecule has 0 fully saturated rings. The lowest BCUT2D eigenvalue weighted by atomic mass is 9.82. The van der Waals surface area contributed by atoms with E-state index in [0.29, 0.717) is 0 Å². The van der Waals surface area contributed by atoms with Gasteiger partial charge in [0.2, 0.25) is 0 Å². The van der Waals surface area contributed by atoms with Gasteiger partial charge in [-0.3, -0.25) is 0 Å². The van der Waals surface area contributed by atoms with Gasteiger partial charge in [-0.1, -0.05) is 74.1 Å². The second kappa shape index (κ2) is 10.2. The lowest BCUT2D eigenvalue weighted by Gasteiger charge is -2.35. The van der Waals surface area contributed by atoms with Crippen LogP contribution in [-0.2, 0) is 9.31 Å². The van der Waals surface area contributed by atoms with Crippen molar-refractivity contribution in [2.45, 2.75) is 78.2 Å². The smallest absolute Gasteiger partial charge is 0.409 e. The van der Waals surface area contributed by atoms with E-state index in [9.17, 15) is 0 Å². The van der Waals surface area contributed by atoms with Gasteiger partial charge in [-0.15, -0.1) is 0 Å². The molecule has 0 spiro atoms.